The number of nitrogens with zero attached hydrogens (tertiary/aromatic N) is 1. The second kappa shape index (κ2) is 5.02. The van der Waals surface area contributed by atoms with Crippen molar-refractivity contribution in [3.05, 3.63) is 75.5 Å². The first kappa shape index (κ1) is 12.8. The summed E-state index contributed by atoms with van der Waals surface area (Å²) < 4.78 is 1.54. The van der Waals surface area contributed by atoms with Crippen LogP contribution in [0.3, 0.4) is 0 Å². The van der Waals surface area contributed by atoms with Gasteiger partial charge in [-0.1, -0.05) is 41.9 Å². The van der Waals surface area contributed by atoms with Gasteiger partial charge in [0.15, 0.2) is 0 Å². The zero-order valence-corrected chi connectivity index (χ0v) is 11.7. The molecule has 100 valence electrons. The van der Waals surface area contributed by atoms with E-state index in [4.69, 9.17) is 11.6 Å². The van der Waals surface area contributed by atoms with Crippen LogP contribution in [0.15, 0.2) is 59.4 Å². The number of benzene rings is 2. The summed E-state index contributed by atoms with van der Waals surface area (Å²) in [4.78, 5) is 12.3. The summed E-state index contributed by atoms with van der Waals surface area (Å²) in [5, 5.41) is 3.81. The van der Waals surface area contributed by atoms with E-state index < -0.39 is 0 Å². The highest BCUT2D eigenvalue weighted by Crippen LogP contribution is 2.20. The monoisotopic (exact) mass is 284 g/mol. The maximum atomic E-state index is 12.3. The standard InChI is InChI=1S/C16H13ClN2O/c1-11-15(12-5-3-2-4-6-12)18-19(16(11)20)14-9-7-13(17)8-10-14/h2-10,18H,1H3. The van der Waals surface area contributed by atoms with Crippen LogP contribution in [-0.4, -0.2) is 9.78 Å². The van der Waals surface area contributed by atoms with Crippen LogP contribution < -0.4 is 5.56 Å². The summed E-state index contributed by atoms with van der Waals surface area (Å²) in [6.07, 6.45) is 0. The molecule has 1 heterocycles. The van der Waals surface area contributed by atoms with E-state index in [1.165, 1.54) is 4.68 Å². The molecule has 0 amide bonds. The second-order valence-electron chi connectivity index (χ2n) is 4.59. The van der Waals surface area contributed by atoms with Crippen LogP contribution in [0.4, 0.5) is 0 Å². The third-order valence-electron chi connectivity index (χ3n) is 3.27. The van der Waals surface area contributed by atoms with Gasteiger partial charge in [-0.2, -0.15) is 0 Å². The molecular formula is C16H13ClN2O. The van der Waals surface area contributed by atoms with Crippen LogP contribution in [0.1, 0.15) is 5.56 Å². The predicted molar refractivity (Wildman–Crippen MR) is 81.6 cm³/mol. The van der Waals surface area contributed by atoms with Crippen molar-refractivity contribution in [2.24, 2.45) is 0 Å². The molecule has 0 aliphatic rings. The van der Waals surface area contributed by atoms with Crippen LogP contribution in [0.5, 0.6) is 0 Å². The second-order valence-corrected chi connectivity index (χ2v) is 5.03. The lowest BCUT2D eigenvalue weighted by atomic mass is 10.1. The fraction of sp³-hybridized carbons (Fsp3) is 0.0625. The molecule has 0 radical (unpaired) electrons. The maximum Gasteiger partial charge on any atom is 0.274 e. The van der Waals surface area contributed by atoms with Gasteiger partial charge in [0.1, 0.15) is 0 Å². The van der Waals surface area contributed by atoms with E-state index in [2.05, 4.69) is 5.10 Å². The normalized spacial score (nSPS) is 10.7. The first-order chi connectivity index (χ1) is 9.66. The van der Waals surface area contributed by atoms with Crippen molar-refractivity contribution < 1.29 is 0 Å². The molecule has 0 aliphatic heterocycles. The first-order valence-electron chi connectivity index (χ1n) is 6.30. The molecule has 3 rings (SSSR count). The molecule has 0 aliphatic carbocycles. The van der Waals surface area contributed by atoms with Crippen LogP contribution >= 0.6 is 11.6 Å². The van der Waals surface area contributed by atoms with E-state index in [9.17, 15) is 4.79 Å². The number of H-pyrrole nitrogens is 1. The highest BCUT2D eigenvalue weighted by molar-refractivity contribution is 6.30. The molecule has 0 bridgehead atoms. The minimum atomic E-state index is -0.0498. The third-order valence-corrected chi connectivity index (χ3v) is 3.52. The van der Waals surface area contributed by atoms with Crippen LogP contribution in [0, 0.1) is 6.92 Å². The van der Waals surface area contributed by atoms with Crippen molar-refractivity contribution in [3.63, 3.8) is 0 Å². The molecule has 0 saturated heterocycles. The van der Waals surface area contributed by atoms with Gasteiger partial charge in [0.25, 0.3) is 5.56 Å². The van der Waals surface area contributed by atoms with E-state index in [0.29, 0.717) is 10.6 Å². The fourth-order valence-corrected chi connectivity index (χ4v) is 2.30. The Labute approximate surface area is 121 Å². The molecular weight excluding hydrogens is 272 g/mol. The molecule has 20 heavy (non-hydrogen) atoms. The molecule has 3 aromatic rings. The number of hydrogen-bond acceptors (Lipinski definition) is 1. The zero-order chi connectivity index (χ0) is 14.1. The van der Waals surface area contributed by atoms with Gasteiger partial charge in [0.2, 0.25) is 0 Å². The molecule has 3 nitrogen and oxygen atoms in total. The summed E-state index contributed by atoms with van der Waals surface area (Å²) in [6, 6.07) is 17.0. The number of aromatic nitrogens is 2. The van der Waals surface area contributed by atoms with Crippen LogP contribution in [-0.2, 0) is 0 Å². The Morgan fingerprint density at radius 1 is 1.00 bits per heavy atom. The molecule has 1 N–H and O–H groups in total. The zero-order valence-electron chi connectivity index (χ0n) is 10.9. The average Bonchev–Trinajstić information content (AvgIpc) is 2.77. The number of aromatic amines is 1. The van der Waals surface area contributed by atoms with E-state index in [1.807, 2.05) is 49.4 Å². The lowest BCUT2D eigenvalue weighted by Crippen LogP contribution is -2.15. The van der Waals surface area contributed by atoms with Crippen molar-refractivity contribution in [3.8, 4) is 16.9 Å². The van der Waals surface area contributed by atoms with Crippen molar-refractivity contribution >= 4 is 11.6 Å². The van der Waals surface area contributed by atoms with Gasteiger partial charge in [0, 0.05) is 10.6 Å². The van der Waals surface area contributed by atoms with Gasteiger partial charge in [-0.25, -0.2) is 4.68 Å². The number of halogens is 1. The Bertz CT molecular complexity index is 786. The van der Waals surface area contributed by atoms with Crippen LogP contribution in [0.2, 0.25) is 5.02 Å². The number of rotatable bonds is 2. The predicted octanol–water partition coefficient (Wildman–Crippen LogP) is 3.79. The Morgan fingerprint density at radius 3 is 2.30 bits per heavy atom. The Morgan fingerprint density at radius 2 is 1.65 bits per heavy atom. The highest BCUT2D eigenvalue weighted by Gasteiger charge is 2.12. The summed E-state index contributed by atoms with van der Waals surface area (Å²) in [7, 11) is 0. The maximum absolute atomic E-state index is 12.3. The summed E-state index contributed by atoms with van der Waals surface area (Å²) >= 11 is 5.87. The first-order valence-corrected chi connectivity index (χ1v) is 6.67. The van der Waals surface area contributed by atoms with Gasteiger partial charge in [-0.3, -0.25) is 9.89 Å². The average molecular weight is 285 g/mol. The molecule has 0 fully saturated rings. The topological polar surface area (TPSA) is 37.8 Å². The van der Waals surface area contributed by atoms with E-state index in [-0.39, 0.29) is 5.56 Å². The Hall–Kier alpha value is -2.26. The molecule has 0 unspecified atom stereocenters. The number of hydrogen-bond donors (Lipinski definition) is 1. The van der Waals surface area contributed by atoms with Gasteiger partial charge < -0.3 is 0 Å². The molecule has 1 aromatic heterocycles. The lowest BCUT2D eigenvalue weighted by Gasteiger charge is -2.02. The minimum absolute atomic E-state index is 0.0498. The van der Waals surface area contributed by atoms with Crippen LogP contribution in [0.25, 0.3) is 16.9 Å². The minimum Gasteiger partial charge on any atom is -0.290 e. The fourth-order valence-electron chi connectivity index (χ4n) is 2.18. The molecule has 0 spiro atoms. The van der Waals surface area contributed by atoms with Crippen molar-refractivity contribution in [1.29, 1.82) is 0 Å². The summed E-state index contributed by atoms with van der Waals surface area (Å²) in [5.41, 5.74) is 3.25. The lowest BCUT2D eigenvalue weighted by molar-refractivity contribution is 0.851. The molecule has 2 aromatic carbocycles. The Balaban J connectivity index is 2.16. The van der Waals surface area contributed by atoms with Crippen molar-refractivity contribution in [2.45, 2.75) is 6.92 Å². The molecule has 0 atom stereocenters. The van der Waals surface area contributed by atoms with Crippen molar-refractivity contribution in [2.75, 3.05) is 0 Å². The van der Waals surface area contributed by atoms with Gasteiger partial charge >= 0.3 is 0 Å². The number of nitrogens with one attached hydrogen (secondary N) is 1. The van der Waals surface area contributed by atoms with Crippen molar-refractivity contribution in [1.82, 2.24) is 9.78 Å². The van der Waals surface area contributed by atoms with E-state index in [0.717, 1.165) is 16.9 Å². The van der Waals surface area contributed by atoms with Gasteiger partial charge in [-0.05, 0) is 36.8 Å². The SMILES string of the molecule is Cc1c(-c2ccccc2)[nH]n(-c2ccc(Cl)cc2)c1=O. The van der Waals surface area contributed by atoms with E-state index >= 15 is 0 Å². The largest absolute Gasteiger partial charge is 0.290 e. The summed E-state index contributed by atoms with van der Waals surface area (Å²) in [5.74, 6) is 0. The Kier molecular flexibility index (Phi) is 3.20. The molecule has 4 heteroatoms. The molecule has 0 saturated carbocycles. The van der Waals surface area contributed by atoms with Gasteiger partial charge in [0.05, 0.1) is 11.4 Å². The van der Waals surface area contributed by atoms with Gasteiger partial charge in [-0.15, -0.1) is 0 Å². The van der Waals surface area contributed by atoms with E-state index in [1.54, 1.807) is 12.1 Å². The third kappa shape index (κ3) is 2.17. The smallest absolute Gasteiger partial charge is 0.274 e. The highest BCUT2D eigenvalue weighted by atomic mass is 35.5. The summed E-state index contributed by atoms with van der Waals surface area (Å²) in [6.45, 7) is 1.83. The quantitative estimate of drug-likeness (QED) is 0.764.